The highest BCUT2D eigenvalue weighted by atomic mass is 16.2. The highest BCUT2D eigenvalue weighted by Gasteiger charge is 2.25. The highest BCUT2D eigenvalue weighted by Crippen LogP contribution is 2.28. The topological polar surface area (TPSA) is 58.4 Å². The number of hydrogen-bond donors (Lipinski definition) is 2. The molecule has 1 aliphatic heterocycles. The monoisotopic (exact) mass is 211 g/mol. The Morgan fingerprint density at radius 2 is 2.20 bits per heavy atom. The molecule has 4 nitrogen and oxygen atoms in total. The van der Waals surface area contributed by atoms with Gasteiger partial charge in [0.2, 0.25) is 5.91 Å². The van der Waals surface area contributed by atoms with Crippen LogP contribution in [-0.4, -0.2) is 43.0 Å². The lowest BCUT2D eigenvalue weighted by Gasteiger charge is -2.33. The molecule has 1 unspecified atom stereocenters. The fourth-order valence-corrected chi connectivity index (χ4v) is 2.15. The number of likely N-dealkylation sites (tertiary alicyclic amines) is 1. The van der Waals surface area contributed by atoms with Crippen molar-refractivity contribution in [1.29, 1.82) is 0 Å². The normalized spacial score (nSPS) is 26.7. The standard InChI is InChI=1S/C11H21N3O/c12-6-11(15)14-5-1-2-10(8-14)13-7-9-3-4-9/h9-10,13H,1-8,12H2. The first-order valence-electron chi connectivity index (χ1n) is 6.01. The molecule has 15 heavy (non-hydrogen) atoms. The minimum Gasteiger partial charge on any atom is -0.340 e. The van der Waals surface area contributed by atoms with Crippen molar-refractivity contribution in [3.8, 4) is 0 Å². The second-order valence-electron chi connectivity index (χ2n) is 4.73. The van der Waals surface area contributed by atoms with Crippen molar-refractivity contribution in [3.05, 3.63) is 0 Å². The molecule has 1 atom stereocenters. The van der Waals surface area contributed by atoms with Crippen LogP contribution < -0.4 is 11.1 Å². The minimum absolute atomic E-state index is 0.0907. The first kappa shape index (κ1) is 10.9. The van der Waals surface area contributed by atoms with Gasteiger partial charge in [0.1, 0.15) is 0 Å². The van der Waals surface area contributed by atoms with Crippen LogP contribution in [0.15, 0.2) is 0 Å². The second kappa shape index (κ2) is 4.94. The van der Waals surface area contributed by atoms with Gasteiger partial charge in [-0.2, -0.15) is 0 Å². The van der Waals surface area contributed by atoms with Gasteiger partial charge in [0.05, 0.1) is 6.54 Å². The summed E-state index contributed by atoms with van der Waals surface area (Å²) in [5.74, 6) is 0.999. The lowest BCUT2D eigenvalue weighted by Crippen LogP contribution is -2.49. The quantitative estimate of drug-likeness (QED) is 0.684. The molecule has 0 radical (unpaired) electrons. The average Bonchev–Trinajstić information content (AvgIpc) is 3.09. The van der Waals surface area contributed by atoms with Crippen LogP contribution in [0.2, 0.25) is 0 Å². The molecule has 2 aliphatic rings. The van der Waals surface area contributed by atoms with Crippen LogP contribution in [0.1, 0.15) is 25.7 Å². The zero-order valence-corrected chi connectivity index (χ0v) is 9.24. The molecule has 2 rings (SSSR count). The van der Waals surface area contributed by atoms with E-state index in [4.69, 9.17) is 5.73 Å². The summed E-state index contributed by atoms with van der Waals surface area (Å²) in [4.78, 5) is 13.3. The van der Waals surface area contributed by atoms with E-state index in [9.17, 15) is 4.79 Å². The van der Waals surface area contributed by atoms with Crippen molar-refractivity contribution >= 4 is 5.91 Å². The van der Waals surface area contributed by atoms with E-state index in [-0.39, 0.29) is 12.5 Å². The number of nitrogens with two attached hydrogens (primary N) is 1. The molecule has 0 aromatic heterocycles. The minimum atomic E-state index is 0.0907. The lowest BCUT2D eigenvalue weighted by atomic mass is 10.1. The van der Waals surface area contributed by atoms with Gasteiger partial charge in [-0.3, -0.25) is 4.79 Å². The summed E-state index contributed by atoms with van der Waals surface area (Å²) < 4.78 is 0. The number of carbonyl (C=O) groups excluding carboxylic acids is 1. The Kier molecular flexibility index (Phi) is 3.59. The fraction of sp³-hybridized carbons (Fsp3) is 0.909. The van der Waals surface area contributed by atoms with Crippen LogP contribution in [0.3, 0.4) is 0 Å². The van der Waals surface area contributed by atoms with E-state index in [0.717, 1.165) is 32.0 Å². The van der Waals surface area contributed by atoms with Gasteiger partial charge in [-0.05, 0) is 38.1 Å². The van der Waals surface area contributed by atoms with Crippen molar-refractivity contribution in [2.24, 2.45) is 11.7 Å². The first-order valence-corrected chi connectivity index (χ1v) is 6.01. The molecule has 0 spiro atoms. The average molecular weight is 211 g/mol. The molecular weight excluding hydrogens is 190 g/mol. The van der Waals surface area contributed by atoms with Gasteiger partial charge in [-0.25, -0.2) is 0 Å². The fourth-order valence-electron chi connectivity index (χ4n) is 2.15. The van der Waals surface area contributed by atoms with Crippen molar-refractivity contribution in [2.75, 3.05) is 26.2 Å². The molecule has 1 saturated heterocycles. The Balaban J connectivity index is 1.72. The van der Waals surface area contributed by atoms with Crippen molar-refractivity contribution in [1.82, 2.24) is 10.2 Å². The van der Waals surface area contributed by atoms with Crippen LogP contribution in [0.5, 0.6) is 0 Å². The Morgan fingerprint density at radius 1 is 1.40 bits per heavy atom. The Morgan fingerprint density at radius 3 is 2.87 bits per heavy atom. The largest absolute Gasteiger partial charge is 0.340 e. The molecular formula is C11H21N3O. The lowest BCUT2D eigenvalue weighted by molar-refractivity contribution is -0.131. The third kappa shape index (κ3) is 3.18. The Bertz CT molecular complexity index is 228. The number of carbonyl (C=O) groups is 1. The third-order valence-electron chi connectivity index (χ3n) is 3.34. The number of amides is 1. The number of piperidine rings is 1. The van der Waals surface area contributed by atoms with E-state index < -0.39 is 0 Å². The van der Waals surface area contributed by atoms with E-state index in [1.807, 2.05) is 4.90 Å². The first-order chi connectivity index (χ1) is 7.29. The maximum atomic E-state index is 11.4. The number of hydrogen-bond acceptors (Lipinski definition) is 3. The van der Waals surface area contributed by atoms with E-state index in [0.29, 0.717) is 6.04 Å². The molecule has 1 amide bonds. The molecule has 0 bridgehead atoms. The predicted molar refractivity (Wildman–Crippen MR) is 59.4 cm³/mol. The summed E-state index contributed by atoms with van der Waals surface area (Å²) in [6.45, 7) is 3.02. The number of nitrogens with one attached hydrogen (secondary N) is 1. The van der Waals surface area contributed by atoms with E-state index in [2.05, 4.69) is 5.32 Å². The molecule has 3 N–H and O–H groups in total. The second-order valence-corrected chi connectivity index (χ2v) is 4.73. The van der Waals surface area contributed by atoms with Crippen molar-refractivity contribution in [3.63, 3.8) is 0 Å². The Hall–Kier alpha value is -0.610. The van der Waals surface area contributed by atoms with Crippen LogP contribution >= 0.6 is 0 Å². The van der Waals surface area contributed by atoms with Crippen LogP contribution in [0.25, 0.3) is 0 Å². The molecule has 0 aromatic carbocycles. The van der Waals surface area contributed by atoms with E-state index >= 15 is 0 Å². The summed E-state index contributed by atoms with van der Waals surface area (Å²) in [6, 6.07) is 0.495. The van der Waals surface area contributed by atoms with Crippen LogP contribution in [0, 0.1) is 5.92 Å². The van der Waals surface area contributed by atoms with Crippen molar-refractivity contribution < 1.29 is 4.79 Å². The van der Waals surface area contributed by atoms with E-state index in [1.165, 1.54) is 19.3 Å². The maximum Gasteiger partial charge on any atom is 0.236 e. The predicted octanol–water partition coefficient (Wildman–Crippen LogP) is -0.0643. The highest BCUT2D eigenvalue weighted by molar-refractivity contribution is 5.78. The number of nitrogens with zero attached hydrogens (tertiary/aromatic N) is 1. The van der Waals surface area contributed by atoms with E-state index in [1.54, 1.807) is 0 Å². The van der Waals surface area contributed by atoms with Gasteiger partial charge in [-0.15, -0.1) is 0 Å². The molecule has 2 fully saturated rings. The summed E-state index contributed by atoms with van der Waals surface area (Å²) in [5.41, 5.74) is 5.37. The molecule has 4 heteroatoms. The van der Waals surface area contributed by atoms with Gasteiger partial charge in [-0.1, -0.05) is 0 Å². The van der Waals surface area contributed by atoms with Gasteiger partial charge < -0.3 is 16.0 Å². The van der Waals surface area contributed by atoms with Gasteiger partial charge in [0, 0.05) is 19.1 Å². The van der Waals surface area contributed by atoms with Gasteiger partial charge in [0.25, 0.3) is 0 Å². The smallest absolute Gasteiger partial charge is 0.236 e. The summed E-state index contributed by atoms with van der Waals surface area (Å²) in [5, 5.41) is 3.56. The molecule has 0 aromatic rings. The summed E-state index contributed by atoms with van der Waals surface area (Å²) >= 11 is 0. The van der Waals surface area contributed by atoms with Crippen LogP contribution in [0.4, 0.5) is 0 Å². The summed E-state index contributed by atoms with van der Waals surface area (Å²) in [6.07, 6.45) is 5.06. The molecule has 1 saturated carbocycles. The van der Waals surface area contributed by atoms with Crippen molar-refractivity contribution in [2.45, 2.75) is 31.7 Å². The zero-order chi connectivity index (χ0) is 10.7. The molecule has 1 heterocycles. The number of rotatable bonds is 4. The zero-order valence-electron chi connectivity index (χ0n) is 9.24. The van der Waals surface area contributed by atoms with Gasteiger partial charge in [0.15, 0.2) is 0 Å². The third-order valence-corrected chi connectivity index (χ3v) is 3.34. The molecule has 86 valence electrons. The maximum absolute atomic E-state index is 11.4. The summed E-state index contributed by atoms with van der Waals surface area (Å²) in [7, 11) is 0. The van der Waals surface area contributed by atoms with Gasteiger partial charge >= 0.3 is 0 Å². The Labute approximate surface area is 91.2 Å². The molecule has 1 aliphatic carbocycles. The van der Waals surface area contributed by atoms with Crippen LogP contribution in [-0.2, 0) is 4.79 Å². The SMILES string of the molecule is NCC(=O)N1CCCC(NCC2CC2)C1.